The molecule has 1 aliphatic heterocycles. The lowest BCUT2D eigenvalue weighted by molar-refractivity contribution is 0.0925. The average Bonchev–Trinajstić information content (AvgIpc) is 2.93. The Balaban J connectivity index is 1.41. The predicted octanol–water partition coefficient (Wildman–Crippen LogP) is 2.50. The lowest BCUT2D eigenvalue weighted by atomic mass is 10.1. The number of rotatable bonds is 6. The van der Waals surface area contributed by atoms with Crippen molar-refractivity contribution >= 4 is 16.9 Å². The van der Waals surface area contributed by atoms with Crippen molar-refractivity contribution in [3.8, 4) is 0 Å². The number of benzene rings is 1. The van der Waals surface area contributed by atoms with Gasteiger partial charge in [-0.05, 0) is 39.4 Å². The molecule has 0 unspecified atom stereocenters. The van der Waals surface area contributed by atoms with Gasteiger partial charge < -0.3 is 19.5 Å². The molecule has 1 aromatic carbocycles. The smallest absolute Gasteiger partial charge is 0.287 e. The maximum atomic E-state index is 12.3. The Bertz CT molecular complexity index is 687. The van der Waals surface area contributed by atoms with Crippen molar-refractivity contribution in [2.45, 2.75) is 19.8 Å². The molecule has 0 radical (unpaired) electrons. The van der Waals surface area contributed by atoms with Crippen molar-refractivity contribution < 1.29 is 9.21 Å². The second kappa shape index (κ2) is 7.81. The molecular formula is C19H27N3O2. The summed E-state index contributed by atoms with van der Waals surface area (Å²) < 4.78 is 5.70. The molecule has 5 heteroatoms. The van der Waals surface area contributed by atoms with Crippen LogP contribution in [0.15, 0.2) is 28.7 Å². The third-order valence-electron chi connectivity index (χ3n) is 4.83. The highest BCUT2D eigenvalue weighted by molar-refractivity contribution is 5.98. The van der Waals surface area contributed by atoms with Crippen molar-refractivity contribution in [3.63, 3.8) is 0 Å². The number of para-hydroxylation sites is 1. The van der Waals surface area contributed by atoms with E-state index in [-0.39, 0.29) is 5.91 Å². The van der Waals surface area contributed by atoms with Crippen LogP contribution in [0.5, 0.6) is 0 Å². The van der Waals surface area contributed by atoms with Crippen LogP contribution >= 0.6 is 0 Å². The third kappa shape index (κ3) is 3.97. The first-order valence-corrected chi connectivity index (χ1v) is 8.82. The van der Waals surface area contributed by atoms with Gasteiger partial charge in [-0.25, -0.2) is 0 Å². The molecule has 0 spiro atoms. The fourth-order valence-corrected chi connectivity index (χ4v) is 3.20. The van der Waals surface area contributed by atoms with Crippen LogP contribution in [0.2, 0.25) is 0 Å². The molecule has 2 aromatic rings. The van der Waals surface area contributed by atoms with E-state index in [1.54, 1.807) is 0 Å². The van der Waals surface area contributed by atoms with Gasteiger partial charge >= 0.3 is 0 Å². The summed E-state index contributed by atoms with van der Waals surface area (Å²) in [6, 6.07) is 7.77. The summed E-state index contributed by atoms with van der Waals surface area (Å²) in [5, 5.41) is 4.00. The molecule has 130 valence electrons. The van der Waals surface area contributed by atoms with Crippen molar-refractivity contribution in [2.75, 3.05) is 46.3 Å². The summed E-state index contributed by atoms with van der Waals surface area (Å²) >= 11 is 0. The van der Waals surface area contributed by atoms with E-state index in [2.05, 4.69) is 22.2 Å². The zero-order valence-electron chi connectivity index (χ0n) is 14.7. The SMILES string of the molecule is Cc1c(C(=O)NCCCCN2CCN(C)CC2)oc2ccccc12. The number of unbranched alkanes of at least 4 members (excludes halogenated alkanes) is 1. The number of likely N-dealkylation sites (N-methyl/N-ethyl adjacent to an activating group) is 1. The minimum atomic E-state index is -0.108. The summed E-state index contributed by atoms with van der Waals surface area (Å²) in [6.07, 6.45) is 2.11. The Morgan fingerprint density at radius 2 is 1.92 bits per heavy atom. The Kier molecular flexibility index (Phi) is 5.53. The quantitative estimate of drug-likeness (QED) is 0.827. The van der Waals surface area contributed by atoms with E-state index in [1.807, 2.05) is 31.2 Å². The van der Waals surface area contributed by atoms with Gasteiger partial charge in [0.25, 0.3) is 5.91 Å². The van der Waals surface area contributed by atoms with Gasteiger partial charge in [-0.3, -0.25) is 4.79 Å². The Hall–Kier alpha value is -1.85. The number of piperazine rings is 1. The van der Waals surface area contributed by atoms with Crippen LogP contribution in [-0.4, -0.2) is 62.0 Å². The first-order valence-electron chi connectivity index (χ1n) is 8.82. The molecule has 1 aromatic heterocycles. The van der Waals surface area contributed by atoms with E-state index in [0.717, 1.165) is 62.1 Å². The minimum absolute atomic E-state index is 0.108. The van der Waals surface area contributed by atoms with E-state index in [0.29, 0.717) is 12.3 Å². The zero-order chi connectivity index (χ0) is 16.9. The number of carbonyl (C=O) groups is 1. The van der Waals surface area contributed by atoms with Gasteiger partial charge in [0.15, 0.2) is 5.76 Å². The number of fused-ring (bicyclic) bond motifs is 1. The lowest BCUT2D eigenvalue weighted by Crippen LogP contribution is -2.44. The highest BCUT2D eigenvalue weighted by Crippen LogP contribution is 2.24. The van der Waals surface area contributed by atoms with Gasteiger partial charge in [-0.1, -0.05) is 18.2 Å². The van der Waals surface area contributed by atoms with Crippen LogP contribution in [0.3, 0.4) is 0 Å². The van der Waals surface area contributed by atoms with E-state index < -0.39 is 0 Å². The molecule has 5 nitrogen and oxygen atoms in total. The highest BCUT2D eigenvalue weighted by atomic mass is 16.3. The Morgan fingerprint density at radius 3 is 2.67 bits per heavy atom. The van der Waals surface area contributed by atoms with E-state index >= 15 is 0 Å². The Morgan fingerprint density at radius 1 is 1.17 bits per heavy atom. The minimum Gasteiger partial charge on any atom is -0.451 e. The molecule has 0 aliphatic carbocycles. The number of aryl methyl sites for hydroxylation is 1. The predicted molar refractivity (Wildman–Crippen MR) is 96.5 cm³/mol. The van der Waals surface area contributed by atoms with Gasteiger partial charge in [-0.2, -0.15) is 0 Å². The molecule has 24 heavy (non-hydrogen) atoms. The lowest BCUT2D eigenvalue weighted by Gasteiger charge is -2.32. The van der Waals surface area contributed by atoms with Crippen LogP contribution in [0.25, 0.3) is 11.0 Å². The molecule has 3 rings (SSSR count). The number of hydrogen-bond acceptors (Lipinski definition) is 4. The van der Waals surface area contributed by atoms with E-state index in [4.69, 9.17) is 4.42 Å². The van der Waals surface area contributed by atoms with Crippen LogP contribution in [0, 0.1) is 6.92 Å². The van der Waals surface area contributed by atoms with Gasteiger partial charge in [0, 0.05) is 43.7 Å². The first kappa shape index (κ1) is 17.0. The molecule has 1 fully saturated rings. The molecule has 1 aliphatic rings. The number of hydrogen-bond donors (Lipinski definition) is 1. The molecule has 1 amide bonds. The van der Waals surface area contributed by atoms with Gasteiger partial charge in [0.1, 0.15) is 5.58 Å². The van der Waals surface area contributed by atoms with Crippen LogP contribution in [0.1, 0.15) is 29.0 Å². The number of nitrogens with one attached hydrogen (secondary N) is 1. The molecular weight excluding hydrogens is 302 g/mol. The summed E-state index contributed by atoms with van der Waals surface area (Å²) in [7, 11) is 2.17. The molecule has 2 heterocycles. The van der Waals surface area contributed by atoms with Crippen LogP contribution in [0.4, 0.5) is 0 Å². The van der Waals surface area contributed by atoms with Crippen LogP contribution in [-0.2, 0) is 0 Å². The zero-order valence-corrected chi connectivity index (χ0v) is 14.7. The molecule has 0 bridgehead atoms. The Labute approximate surface area is 143 Å². The fourth-order valence-electron chi connectivity index (χ4n) is 3.20. The third-order valence-corrected chi connectivity index (χ3v) is 4.83. The number of nitrogens with zero attached hydrogens (tertiary/aromatic N) is 2. The molecule has 0 atom stereocenters. The summed E-state index contributed by atoms with van der Waals surface area (Å²) in [4.78, 5) is 17.2. The summed E-state index contributed by atoms with van der Waals surface area (Å²) in [5.74, 6) is 0.332. The normalized spacial score (nSPS) is 16.6. The standard InChI is InChI=1S/C19H27N3O2/c1-15-16-7-3-4-8-17(16)24-18(15)19(23)20-9-5-6-10-22-13-11-21(2)12-14-22/h3-4,7-8H,5-6,9-14H2,1-2H3,(H,20,23). The monoisotopic (exact) mass is 329 g/mol. The van der Waals surface area contributed by atoms with E-state index in [9.17, 15) is 4.79 Å². The number of carbonyl (C=O) groups excluding carboxylic acids is 1. The first-order chi connectivity index (χ1) is 11.6. The van der Waals surface area contributed by atoms with E-state index in [1.165, 1.54) is 0 Å². The van der Waals surface area contributed by atoms with Crippen LogP contribution < -0.4 is 5.32 Å². The molecule has 0 saturated carbocycles. The molecule has 1 N–H and O–H groups in total. The second-order valence-corrected chi connectivity index (χ2v) is 6.66. The maximum absolute atomic E-state index is 12.3. The summed E-state index contributed by atoms with van der Waals surface area (Å²) in [5.41, 5.74) is 1.69. The second-order valence-electron chi connectivity index (χ2n) is 6.66. The number of amides is 1. The average molecular weight is 329 g/mol. The van der Waals surface area contributed by atoms with Gasteiger partial charge in [-0.15, -0.1) is 0 Å². The van der Waals surface area contributed by atoms with Gasteiger partial charge in [0.05, 0.1) is 0 Å². The maximum Gasteiger partial charge on any atom is 0.287 e. The van der Waals surface area contributed by atoms with Crippen molar-refractivity contribution in [1.29, 1.82) is 0 Å². The van der Waals surface area contributed by atoms with Crippen molar-refractivity contribution in [2.24, 2.45) is 0 Å². The number of furan rings is 1. The van der Waals surface area contributed by atoms with Crippen molar-refractivity contribution in [1.82, 2.24) is 15.1 Å². The summed E-state index contributed by atoms with van der Waals surface area (Å²) in [6.45, 7) is 8.37. The topological polar surface area (TPSA) is 48.7 Å². The largest absolute Gasteiger partial charge is 0.451 e. The highest BCUT2D eigenvalue weighted by Gasteiger charge is 2.17. The van der Waals surface area contributed by atoms with Crippen molar-refractivity contribution in [3.05, 3.63) is 35.6 Å². The fraction of sp³-hybridized carbons (Fsp3) is 0.526. The van der Waals surface area contributed by atoms with Gasteiger partial charge in [0.2, 0.25) is 0 Å². The molecule has 1 saturated heterocycles.